The molecular formula is C22H21N3O5S. The number of rotatable bonds is 3. The Labute approximate surface area is 179 Å². The van der Waals surface area contributed by atoms with E-state index in [1.165, 1.54) is 0 Å². The van der Waals surface area contributed by atoms with Crippen LogP contribution in [0.25, 0.3) is 11.3 Å². The zero-order valence-electron chi connectivity index (χ0n) is 16.7. The summed E-state index contributed by atoms with van der Waals surface area (Å²) in [5.74, 6) is 0.984. The lowest BCUT2D eigenvalue weighted by atomic mass is 10.1. The normalized spacial score (nSPS) is 19.7. The summed E-state index contributed by atoms with van der Waals surface area (Å²) in [7, 11) is -3.35. The van der Waals surface area contributed by atoms with E-state index in [9.17, 15) is 13.2 Å². The zero-order valence-corrected chi connectivity index (χ0v) is 17.5. The number of nitrogens with one attached hydrogen (secondary N) is 1. The molecule has 0 spiro atoms. The van der Waals surface area contributed by atoms with Gasteiger partial charge in [0, 0.05) is 18.7 Å². The third-order valence-corrected chi connectivity index (χ3v) is 7.80. The van der Waals surface area contributed by atoms with Crippen LogP contribution in [0.15, 0.2) is 54.6 Å². The molecule has 31 heavy (non-hydrogen) atoms. The minimum atomic E-state index is -3.35. The molecule has 1 amide bonds. The first-order valence-electron chi connectivity index (χ1n) is 10.0. The number of hydrogen-bond donors (Lipinski definition) is 1. The molecule has 1 atom stereocenters. The Morgan fingerprint density at radius 1 is 1.03 bits per heavy atom. The molecule has 0 bridgehead atoms. The Kier molecular flexibility index (Phi) is 4.90. The van der Waals surface area contributed by atoms with Crippen molar-refractivity contribution < 1.29 is 22.7 Å². The molecule has 8 nitrogen and oxygen atoms in total. The molecule has 1 unspecified atom stereocenters. The molecule has 2 aromatic carbocycles. The minimum absolute atomic E-state index is 0.0680. The van der Waals surface area contributed by atoms with E-state index in [1.54, 1.807) is 17.0 Å². The molecule has 1 fully saturated rings. The maximum absolute atomic E-state index is 13.1. The Hall–Kier alpha value is -3.33. The zero-order chi connectivity index (χ0) is 21.4. The number of aromatic nitrogens is 2. The van der Waals surface area contributed by atoms with Crippen LogP contribution in [0.4, 0.5) is 0 Å². The molecule has 0 radical (unpaired) electrons. The molecular weight excluding hydrogens is 418 g/mol. The van der Waals surface area contributed by atoms with Gasteiger partial charge in [-0.2, -0.15) is 5.10 Å². The van der Waals surface area contributed by atoms with Crippen LogP contribution in [-0.4, -0.2) is 55.1 Å². The number of ether oxygens (including phenoxy) is 2. The van der Waals surface area contributed by atoms with Gasteiger partial charge in [-0.1, -0.05) is 30.3 Å². The number of carbonyl (C=O) groups is 1. The van der Waals surface area contributed by atoms with Crippen LogP contribution in [0, 0.1) is 0 Å². The highest BCUT2D eigenvalue weighted by molar-refractivity contribution is 7.91. The van der Waals surface area contributed by atoms with Gasteiger partial charge in [0.05, 0.1) is 16.7 Å². The van der Waals surface area contributed by atoms with Crippen molar-refractivity contribution >= 4 is 15.7 Å². The van der Waals surface area contributed by atoms with Gasteiger partial charge in [0.15, 0.2) is 21.3 Å². The van der Waals surface area contributed by atoms with Crippen molar-refractivity contribution in [1.29, 1.82) is 0 Å². The third-order valence-electron chi connectivity index (χ3n) is 5.68. The highest BCUT2D eigenvalue weighted by Crippen LogP contribution is 2.35. The van der Waals surface area contributed by atoms with E-state index in [0.717, 1.165) is 11.1 Å². The molecule has 0 aliphatic carbocycles. The van der Waals surface area contributed by atoms with Gasteiger partial charge < -0.3 is 14.4 Å². The molecule has 2 aliphatic heterocycles. The van der Waals surface area contributed by atoms with Crippen molar-refractivity contribution in [1.82, 2.24) is 15.1 Å². The first kappa shape index (κ1) is 19.6. The second-order valence-electron chi connectivity index (χ2n) is 7.58. The van der Waals surface area contributed by atoms with Gasteiger partial charge in [-0.15, -0.1) is 0 Å². The molecule has 1 N–H and O–H groups in total. The predicted molar refractivity (Wildman–Crippen MR) is 114 cm³/mol. The van der Waals surface area contributed by atoms with E-state index in [-0.39, 0.29) is 25.0 Å². The van der Waals surface area contributed by atoms with Gasteiger partial charge >= 0.3 is 0 Å². The van der Waals surface area contributed by atoms with Crippen LogP contribution in [0.3, 0.4) is 0 Å². The molecule has 3 heterocycles. The van der Waals surface area contributed by atoms with E-state index >= 15 is 0 Å². The summed E-state index contributed by atoms with van der Waals surface area (Å²) in [6.07, 6.45) is 0.362. The van der Waals surface area contributed by atoms with Gasteiger partial charge in [0.25, 0.3) is 5.91 Å². The molecule has 1 saturated heterocycles. The van der Waals surface area contributed by atoms with E-state index < -0.39 is 15.1 Å². The maximum Gasteiger partial charge on any atom is 0.271 e. The second kappa shape index (κ2) is 7.73. The lowest BCUT2D eigenvalue weighted by molar-refractivity contribution is 0.0760. The molecule has 5 rings (SSSR count). The van der Waals surface area contributed by atoms with Crippen molar-refractivity contribution in [2.24, 2.45) is 0 Å². The minimum Gasteiger partial charge on any atom is -0.454 e. The van der Waals surface area contributed by atoms with Crippen molar-refractivity contribution in [3.8, 4) is 22.8 Å². The van der Waals surface area contributed by atoms with Crippen LogP contribution < -0.4 is 9.47 Å². The lowest BCUT2D eigenvalue weighted by Gasteiger charge is -2.19. The van der Waals surface area contributed by atoms with Crippen molar-refractivity contribution in [2.75, 3.05) is 25.6 Å². The first-order valence-corrected chi connectivity index (χ1v) is 11.7. The number of nitrogens with zero attached hydrogens (tertiary/aromatic N) is 2. The summed E-state index contributed by atoms with van der Waals surface area (Å²) >= 11 is 0. The maximum atomic E-state index is 13.1. The van der Waals surface area contributed by atoms with Gasteiger partial charge in [0.1, 0.15) is 5.69 Å². The fourth-order valence-corrected chi connectivity index (χ4v) is 5.79. The Balaban J connectivity index is 1.34. The van der Waals surface area contributed by atoms with Gasteiger partial charge in [0.2, 0.25) is 6.79 Å². The average Bonchev–Trinajstić information content (AvgIpc) is 3.42. The summed E-state index contributed by atoms with van der Waals surface area (Å²) in [6, 6.07) is 16.3. The summed E-state index contributed by atoms with van der Waals surface area (Å²) < 4.78 is 36.3. The highest BCUT2D eigenvalue weighted by atomic mass is 32.2. The van der Waals surface area contributed by atoms with Gasteiger partial charge in [-0.3, -0.25) is 9.89 Å². The number of fused-ring (bicyclic) bond motifs is 1. The third kappa shape index (κ3) is 3.76. The second-order valence-corrected chi connectivity index (χ2v) is 9.89. The number of carbonyl (C=O) groups excluding carboxylic acids is 1. The van der Waals surface area contributed by atoms with Crippen LogP contribution in [0.2, 0.25) is 0 Å². The number of aromatic amines is 1. The molecule has 2 aliphatic rings. The molecule has 0 saturated carbocycles. The lowest BCUT2D eigenvalue weighted by Crippen LogP contribution is -2.33. The van der Waals surface area contributed by atoms with E-state index in [4.69, 9.17) is 9.47 Å². The molecule has 3 aromatic rings. The number of hydrogen-bond acceptors (Lipinski definition) is 6. The van der Waals surface area contributed by atoms with Crippen LogP contribution in [0.1, 0.15) is 27.7 Å². The van der Waals surface area contributed by atoms with E-state index in [0.29, 0.717) is 35.9 Å². The standard InChI is InChI=1S/C22H21N3O5S/c26-22(18-13-17(23-24-18)16-6-7-19-20(12-16)30-14-29-19)25-9-8-21(31(27,28)11-10-25)15-4-2-1-3-5-15/h1-7,12-13,21H,8-11,14H2,(H,23,24). The van der Waals surface area contributed by atoms with Crippen LogP contribution in [-0.2, 0) is 9.84 Å². The monoisotopic (exact) mass is 439 g/mol. The average molecular weight is 439 g/mol. The first-order chi connectivity index (χ1) is 15.0. The highest BCUT2D eigenvalue weighted by Gasteiger charge is 2.33. The summed E-state index contributed by atoms with van der Waals surface area (Å²) in [6.45, 7) is 0.698. The Morgan fingerprint density at radius 3 is 2.68 bits per heavy atom. The van der Waals surface area contributed by atoms with Crippen LogP contribution >= 0.6 is 0 Å². The number of H-pyrrole nitrogens is 1. The van der Waals surface area contributed by atoms with E-state index in [2.05, 4.69) is 10.2 Å². The van der Waals surface area contributed by atoms with Crippen molar-refractivity contribution in [3.63, 3.8) is 0 Å². The quantitative estimate of drug-likeness (QED) is 0.673. The van der Waals surface area contributed by atoms with Crippen molar-refractivity contribution in [3.05, 3.63) is 65.9 Å². The predicted octanol–water partition coefficient (Wildman–Crippen LogP) is 2.81. The Morgan fingerprint density at radius 2 is 1.84 bits per heavy atom. The smallest absolute Gasteiger partial charge is 0.271 e. The van der Waals surface area contributed by atoms with Crippen molar-refractivity contribution in [2.45, 2.75) is 11.7 Å². The number of amides is 1. The summed E-state index contributed by atoms with van der Waals surface area (Å²) in [5, 5.41) is 6.45. The molecule has 160 valence electrons. The number of sulfone groups is 1. The SMILES string of the molecule is O=C(c1cc(-c2ccc3c(c2)OCO3)n[nH]1)N1CCC(c2ccccc2)S(=O)(=O)CC1. The van der Waals surface area contributed by atoms with Crippen LogP contribution in [0.5, 0.6) is 11.5 Å². The topological polar surface area (TPSA) is 102 Å². The number of benzene rings is 2. The molecule has 9 heteroatoms. The fourth-order valence-electron chi connectivity index (χ4n) is 3.99. The van der Waals surface area contributed by atoms with Gasteiger partial charge in [-0.05, 0) is 36.2 Å². The largest absolute Gasteiger partial charge is 0.454 e. The van der Waals surface area contributed by atoms with Gasteiger partial charge in [-0.25, -0.2) is 8.42 Å². The summed E-state index contributed by atoms with van der Waals surface area (Å²) in [5.41, 5.74) is 2.49. The Bertz CT molecular complexity index is 1220. The van der Waals surface area contributed by atoms with E-state index in [1.807, 2.05) is 42.5 Å². The molecule has 1 aromatic heterocycles. The fraction of sp³-hybridized carbons (Fsp3) is 0.273. The summed E-state index contributed by atoms with van der Waals surface area (Å²) in [4.78, 5) is 14.6.